The van der Waals surface area contributed by atoms with E-state index in [0.29, 0.717) is 28.8 Å². The van der Waals surface area contributed by atoms with E-state index >= 15 is 0 Å². The molecule has 0 radical (unpaired) electrons. The van der Waals surface area contributed by atoms with Gasteiger partial charge in [-0.3, -0.25) is 4.79 Å². The molecule has 0 saturated carbocycles. The highest BCUT2D eigenvalue weighted by Crippen LogP contribution is 2.22. The summed E-state index contributed by atoms with van der Waals surface area (Å²) in [5, 5.41) is 3.82. The molecule has 1 heterocycles. The first-order valence-corrected chi connectivity index (χ1v) is 10.0. The van der Waals surface area contributed by atoms with Gasteiger partial charge >= 0.3 is 5.97 Å². The topological polar surface area (TPSA) is 84.1 Å². The number of carbonyl (C=O) groups is 1. The first-order valence-electron chi connectivity index (χ1n) is 10.0. The van der Waals surface area contributed by atoms with E-state index in [-0.39, 0.29) is 11.6 Å². The van der Waals surface area contributed by atoms with Crippen molar-refractivity contribution in [3.63, 3.8) is 0 Å². The molecule has 3 aromatic carbocycles. The van der Waals surface area contributed by atoms with E-state index in [9.17, 15) is 9.59 Å². The standard InChI is InChI=1S/C25H23N3O3/c1-16(17-8-10-19(11-9-17)18-6-4-3-5-7-18)26-15-23-27-22-14-20(25(30)31-2)12-13-21(22)24(29)28-23/h3-14,16,26H,15H2,1-2H3,(H,27,28,29)/t16-/m0/s1. The number of aromatic amines is 1. The maximum absolute atomic E-state index is 12.4. The molecular formula is C25H23N3O3. The quantitative estimate of drug-likeness (QED) is 0.462. The Labute approximate surface area is 179 Å². The maximum atomic E-state index is 12.4. The van der Waals surface area contributed by atoms with E-state index in [1.165, 1.54) is 18.2 Å². The van der Waals surface area contributed by atoms with Gasteiger partial charge in [0.15, 0.2) is 0 Å². The smallest absolute Gasteiger partial charge is 0.337 e. The highest BCUT2D eigenvalue weighted by Gasteiger charge is 2.11. The zero-order valence-electron chi connectivity index (χ0n) is 17.4. The van der Waals surface area contributed by atoms with Gasteiger partial charge < -0.3 is 15.0 Å². The molecule has 1 aromatic heterocycles. The summed E-state index contributed by atoms with van der Waals surface area (Å²) in [5.41, 5.74) is 4.06. The summed E-state index contributed by atoms with van der Waals surface area (Å²) in [7, 11) is 1.32. The number of ether oxygens (including phenoxy) is 1. The van der Waals surface area contributed by atoms with Crippen LogP contribution in [-0.4, -0.2) is 23.0 Å². The van der Waals surface area contributed by atoms with Gasteiger partial charge in [-0.25, -0.2) is 9.78 Å². The van der Waals surface area contributed by atoms with Gasteiger partial charge in [-0.1, -0.05) is 54.6 Å². The summed E-state index contributed by atoms with van der Waals surface area (Å²) in [5.74, 6) is 0.0449. The SMILES string of the molecule is COC(=O)c1ccc2c(=O)[nH]c(CN[C@@H](C)c3ccc(-c4ccccc4)cc3)nc2c1. The van der Waals surface area contributed by atoms with Crippen molar-refractivity contribution in [3.8, 4) is 11.1 Å². The van der Waals surface area contributed by atoms with Crippen LogP contribution in [0.1, 0.15) is 34.7 Å². The normalized spacial score (nSPS) is 11.9. The second-order valence-electron chi connectivity index (χ2n) is 7.33. The number of esters is 1. The summed E-state index contributed by atoms with van der Waals surface area (Å²) >= 11 is 0. The molecule has 4 aromatic rings. The first-order chi connectivity index (χ1) is 15.0. The van der Waals surface area contributed by atoms with E-state index in [0.717, 1.165) is 5.56 Å². The van der Waals surface area contributed by atoms with Gasteiger partial charge in [-0.15, -0.1) is 0 Å². The van der Waals surface area contributed by atoms with E-state index in [1.807, 2.05) is 18.2 Å². The predicted molar refractivity (Wildman–Crippen MR) is 121 cm³/mol. The van der Waals surface area contributed by atoms with Crippen LogP contribution >= 0.6 is 0 Å². The molecule has 4 rings (SSSR count). The zero-order valence-corrected chi connectivity index (χ0v) is 17.4. The number of rotatable bonds is 6. The van der Waals surface area contributed by atoms with Crippen molar-refractivity contribution in [2.75, 3.05) is 7.11 Å². The lowest BCUT2D eigenvalue weighted by molar-refractivity contribution is 0.0601. The fraction of sp³-hybridized carbons (Fsp3) is 0.160. The minimum Gasteiger partial charge on any atom is -0.465 e. The Balaban J connectivity index is 1.49. The van der Waals surface area contributed by atoms with Crippen molar-refractivity contribution < 1.29 is 9.53 Å². The highest BCUT2D eigenvalue weighted by atomic mass is 16.5. The van der Waals surface area contributed by atoms with Crippen LogP contribution in [0.25, 0.3) is 22.0 Å². The number of hydrogen-bond acceptors (Lipinski definition) is 5. The largest absolute Gasteiger partial charge is 0.465 e. The number of hydrogen-bond donors (Lipinski definition) is 2. The average molecular weight is 413 g/mol. The van der Waals surface area contributed by atoms with Crippen molar-refractivity contribution in [1.82, 2.24) is 15.3 Å². The summed E-state index contributed by atoms with van der Waals surface area (Å²) in [6, 6.07) is 23.4. The summed E-state index contributed by atoms with van der Waals surface area (Å²) in [6.45, 7) is 2.45. The molecule has 0 bridgehead atoms. The number of nitrogens with one attached hydrogen (secondary N) is 2. The van der Waals surface area contributed by atoms with E-state index in [1.54, 1.807) is 18.2 Å². The van der Waals surface area contributed by atoms with Gasteiger partial charge in [0.05, 0.1) is 30.1 Å². The van der Waals surface area contributed by atoms with Crippen LogP contribution in [0.2, 0.25) is 0 Å². The van der Waals surface area contributed by atoms with Crippen molar-refractivity contribution in [3.05, 3.63) is 100 Å². The molecule has 0 amide bonds. The molecule has 6 nitrogen and oxygen atoms in total. The lowest BCUT2D eigenvalue weighted by atomic mass is 10.0. The Morgan fingerprint density at radius 2 is 1.74 bits per heavy atom. The second kappa shape index (κ2) is 8.93. The van der Waals surface area contributed by atoms with E-state index < -0.39 is 5.97 Å². The van der Waals surface area contributed by atoms with Crippen molar-refractivity contribution in [1.29, 1.82) is 0 Å². The monoisotopic (exact) mass is 413 g/mol. The lowest BCUT2D eigenvalue weighted by Gasteiger charge is -2.15. The number of H-pyrrole nitrogens is 1. The van der Waals surface area contributed by atoms with Gasteiger partial charge in [0.25, 0.3) is 5.56 Å². The third kappa shape index (κ3) is 4.54. The van der Waals surface area contributed by atoms with Crippen LogP contribution in [0.3, 0.4) is 0 Å². The molecular weight excluding hydrogens is 390 g/mol. The Hall–Kier alpha value is -3.77. The molecule has 156 valence electrons. The van der Waals surface area contributed by atoms with Gasteiger partial charge in [0, 0.05) is 6.04 Å². The van der Waals surface area contributed by atoms with Gasteiger partial charge in [0.1, 0.15) is 5.82 Å². The average Bonchev–Trinajstić information content (AvgIpc) is 2.82. The summed E-state index contributed by atoms with van der Waals surface area (Å²) in [4.78, 5) is 31.5. The number of aromatic nitrogens is 2. The number of methoxy groups -OCH3 is 1. The highest BCUT2D eigenvalue weighted by molar-refractivity contribution is 5.93. The number of nitrogens with zero attached hydrogens (tertiary/aromatic N) is 1. The molecule has 31 heavy (non-hydrogen) atoms. The van der Waals surface area contributed by atoms with Crippen molar-refractivity contribution in [2.45, 2.75) is 19.5 Å². The molecule has 0 unspecified atom stereocenters. The Morgan fingerprint density at radius 1 is 1.03 bits per heavy atom. The van der Waals surface area contributed by atoms with Crippen LogP contribution in [0.15, 0.2) is 77.6 Å². The van der Waals surface area contributed by atoms with Crippen LogP contribution in [0.4, 0.5) is 0 Å². The Bertz CT molecular complexity index is 1260. The zero-order chi connectivity index (χ0) is 21.8. The number of fused-ring (bicyclic) bond motifs is 1. The van der Waals surface area contributed by atoms with Crippen molar-refractivity contribution >= 4 is 16.9 Å². The Kier molecular flexibility index (Phi) is 5.91. The van der Waals surface area contributed by atoms with Crippen LogP contribution in [0, 0.1) is 0 Å². The van der Waals surface area contributed by atoms with Crippen LogP contribution < -0.4 is 10.9 Å². The summed E-state index contributed by atoms with van der Waals surface area (Å²) in [6.07, 6.45) is 0. The second-order valence-corrected chi connectivity index (χ2v) is 7.33. The van der Waals surface area contributed by atoms with Gasteiger partial charge in [-0.05, 0) is 41.8 Å². The van der Waals surface area contributed by atoms with Crippen LogP contribution in [0.5, 0.6) is 0 Å². The van der Waals surface area contributed by atoms with Gasteiger partial charge in [-0.2, -0.15) is 0 Å². The fourth-order valence-corrected chi connectivity index (χ4v) is 3.48. The molecule has 0 spiro atoms. The number of benzene rings is 3. The van der Waals surface area contributed by atoms with Gasteiger partial charge in [0.2, 0.25) is 0 Å². The molecule has 0 fully saturated rings. The molecule has 0 saturated heterocycles. The molecule has 0 aliphatic carbocycles. The van der Waals surface area contributed by atoms with Crippen LogP contribution in [-0.2, 0) is 11.3 Å². The van der Waals surface area contributed by atoms with E-state index in [4.69, 9.17) is 4.74 Å². The summed E-state index contributed by atoms with van der Waals surface area (Å²) < 4.78 is 4.75. The minimum absolute atomic E-state index is 0.0622. The minimum atomic E-state index is -0.462. The molecule has 1 atom stereocenters. The third-order valence-corrected chi connectivity index (χ3v) is 5.27. The molecule has 0 aliphatic heterocycles. The number of carbonyl (C=O) groups excluding carboxylic acids is 1. The van der Waals surface area contributed by atoms with Crippen molar-refractivity contribution in [2.24, 2.45) is 0 Å². The first kappa shape index (κ1) is 20.5. The predicted octanol–water partition coefficient (Wildman–Crippen LogP) is 4.23. The lowest BCUT2D eigenvalue weighted by Crippen LogP contribution is -2.22. The molecule has 2 N–H and O–H groups in total. The van der Waals surface area contributed by atoms with E-state index in [2.05, 4.69) is 58.6 Å². The molecule has 0 aliphatic rings. The Morgan fingerprint density at radius 3 is 2.45 bits per heavy atom. The molecule has 6 heteroatoms. The third-order valence-electron chi connectivity index (χ3n) is 5.27. The maximum Gasteiger partial charge on any atom is 0.337 e. The fourth-order valence-electron chi connectivity index (χ4n) is 3.48.